The Morgan fingerprint density at radius 1 is 1.26 bits per heavy atom. The third-order valence-electron chi connectivity index (χ3n) is 2.82. The summed E-state index contributed by atoms with van der Waals surface area (Å²) in [5.74, 6) is 0.671. The van der Waals surface area contributed by atoms with Gasteiger partial charge >= 0.3 is 0 Å². The minimum atomic E-state index is 0.671. The molecule has 0 fully saturated rings. The van der Waals surface area contributed by atoms with Gasteiger partial charge in [-0.15, -0.1) is 0 Å². The number of rotatable bonds is 6. The molecule has 0 bridgehead atoms. The molecule has 0 radical (unpaired) electrons. The van der Waals surface area contributed by atoms with Gasteiger partial charge in [0.25, 0.3) is 0 Å². The molecule has 19 heavy (non-hydrogen) atoms. The molecule has 1 aromatic heterocycles. The van der Waals surface area contributed by atoms with Gasteiger partial charge in [0.2, 0.25) is 0 Å². The van der Waals surface area contributed by atoms with Crippen LogP contribution in [0, 0.1) is 5.92 Å². The fourth-order valence-electron chi connectivity index (χ4n) is 1.87. The zero-order chi connectivity index (χ0) is 13.7. The minimum Gasteiger partial charge on any atom is -0.333 e. The number of nitrogens with zero attached hydrogens (tertiary/aromatic N) is 2. The number of nitrogens with one attached hydrogen (secondary N) is 1. The van der Waals surface area contributed by atoms with E-state index in [9.17, 15) is 0 Å². The topological polar surface area (TPSA) is 29.9 Å². The molecular weight excluding hydrogens is 302 g/mol. The summed E-state index contributed by atoms with van der Waals surface area (Å²) in [5, 5.41) is 3.40. The zero-order valence-corrected chi connectivity index (χ0v) is 13.0. The smallest absolute Gasteiger partial charge is 0.0953 e. The highest BCUT2D eigenvalue weighted by molar-refractivity contribution is 9.10. The van der Waals surface area contributed by atoms with E-state index in [1.165, 1.54) is 5.56 Å². The maximum Gasteiger partial charge on any atom is 0.0953 e. The van der Waals surface area contributed by atoms with Crippen LogP contribution >= 0.6 is 15.9 Å². The third kappa shape index (κ3) is 4.80. The van der Waals surface area contributed by atoms with Crippen LogP contribution in [-0.2, 0) is 13.1 Å². The average molecular weight is 322 g/mol. The van der Waals surface area contributed by atoms with Gasteiger partial charge in [-0.3, -0.25) is 0 Å². The highest BCUT2D eigenvalue weighted by Crippen LogP contribution is 2.11. The second-order valence-corrected chi connectivity index (χ2v) is 6.10. The average Bonchev–Trinajstić information content (AvgIpc) is 2.79. The first kappa shape index (κ1) is 14.3. The monoisotopic (exact) mass is 321 g/mol. The lowest BCUT2D eigenvalue weighted by Crippen LogP contribution is -2.19. The van der Waals surface area contributed by atoms with Crippen LogP contribution in [0.25, 0.3) is 0 Å². The number of halogens is 1. The minimum absolute atomic E-state index is 0.671. The molecule has 1 aromatic carbocycles. The van der Waals surface area contributed by atoms with Crippen LogP contribution in [0.3, 0.4) is 0 Å². The molecule has 2 rings (SSSR count). The Kier molecular flexibility index (Phi) is 5.16. The quantitative estimate of drug-likeness (QED) is 0.883. The molecule has 0 saturated heterocycles. The van der Waals surface area contributed by atoms with Crippen molar-refractivity contribution in [2.75, 3.05) is 6.54 Å². The molecule has 1 heterocycles. The molecule has 1 N–H and O–H groups in total. The maximum absolute atomic E-state index is 4.42. The lowest BCUT2D eigenvalue weighted by Gasteiger charge is -2.05. The molecule has 0 saturated carbocycles. The Hall–Kier alpha value is -1.13. The Morgan fingerprint density at radius 2 is 2.00 bits per heavy atom. The van der Waals surface area contributed by atoms with Gasteiger partial charge in [-0.25, -0.2) is 4.98 Å². The Morgan fingerprint density at radius 3 is 2.68 bits per heavy atom. The SMILES string of the molecule is CC(C)CNCc1cn(Cc2ccc(Br)cc2)cn1. The molecule has 0 aliphatic heterocycles. The summed E-state index contributed by atoms with van der Waals surface area (Å²) in [7, 11) is 0. The van der Waals surface area contributed by atoms with Crippen LogP contribution in [-0.4, -0.2) is 16.1 Å². The number of hydrogen-bond acceptors (Lipinski definition) is 2. The molecule has 4 heteroatoms. The number of aromatic nitrogens is 2. The standard InChI is InChI=1S/C15H20BrN3/c1-12(2)7-17-8-15-10-19(11-18-15)9-13-3-5-14(16)6-4-13/h3-6,10-12,17H,7-9H2,1-2H3. The van der Waals surface area contributed by atoms with Gasteiger partial charge in [-0.1, -0.05) is 41.9 Å². The highest BCUT2D eigenvalue weighted by atomic mass is 79.9. The summed E-state index contributed by atoms with van der Waals surface area (Å²) in [5.41, 5.74) is 2.38. The van der Waals surface area contributed by atoms with Crippen LogP contribution in [0.2, 0.25) is 0 Å². The molecular formula is C15H20BrN3. The van der Waals surface area contributed by atoms with Crippen molar-refractivity contribution >= 4 is 15.9 Å². The lowest BCUT2D eigenvalue weighted by atomic mass is 10.2. The van der Waals surface area contributed by atoms with E-state index in [0.29, 0.717) is 5.92 Å². The molecule has 3 nitrogen and oxygen atoms in total. The second-order valence-electron chi connectivity index (χ2n) is 5.19. The van der Waals surface area contributed by atoms with Crippen molar-refractivity contribution in [3.8, 4) is 0 Å². The second kappa shape index (κ2) is 6.87. The summed E-state index contributed by atoms with van der Waals surface area (Å²) >= 11 is 3.45. The van der Waals surface area contributed by atoms with Crippen LogP contribution < -0.4 is 5.32 Å². The van der Waals surface area contributed by atoms with Crippen LogP contribution in [0.1, 0.15) is 25.1 Å². The predicted molar refractivity (Wildman–Crippen MR) is 82.0 cm³/mol. The third-order valence-corrected chi connectivity index (χ3v) is 3.35. The first-order chi connectivity index (χ1) is 9.13. The first-order valence-corrected chi connectivity index (χ1v) is 7.38. The summed E-state index contributed by atoms with van der Waals surface area (Å²) < 4.78 is 3.23. The zero-order valence-electron chi connectivity index (χ0n) is 11.4. The molecule has 0 unspecified atom stereocenters. The fraction of sp³-hybridized carbons (Fsp3) is 0.400. The van der Waals surface area contributed by atoms with Gasteiger partial charge in [0.05, 0.1) is 12.0 Å². The van der Waals surface area contributed by atoms with E-state index in [1.807, 2.05) is 6.33 Å². The van der Waals surface area contributed by atoms with E-state index in [4.69, 9.17) is 0 Å². The molecule has 0 atom stereocenters. The van der Waals surface area contributed by atoms with Gasteiger partial charge in [-0.05, 0) is 30.2 Å². The van der Waals surface area contributed by atoms with Crippen molar-refractivity contribution < 1.29 is 0 Å². The number of imidazole rings is 1. The van der Waals surface area contributed by atoms with Crippen LogP contribution in [0.15, 0.2) is 41.3 Å². The predicted octanol–water partition coefficient (Wildman–Crippen LogP) is 3.44. The Labute approximate surface area is 123 Å². The molecule has 0 aliphatic carbocycles. The van der Waals surface area contributed by atoms with Crippen LogP contribution in [0.4, 0.5) is 0 Å². The van der Waals surface area contributed by atoms with Crippen LogP contribution in [0.5, 0.6) is 0 Å². The molecule has 2 aromatic rings. The first-order valence-electron chi connectivity index (χ1n) is 6.59. The molecule has 102 valence electrons. The van der Waals surface area contributed by atoms with Gasteiger partial charge in [0.1, 0.15) is 0 Å². The van der Waals surface area contributed by atoms with E-state index < -0.39 is 0 Å². The van der Waals surface area contributed by atoms with E-state index >= 15 is 0 Å². The van der Waals surface area contributed by atoms with E-state index in [2.05, 4.69) is 75.1 Å². The Bertz CT molecular complexity index is 502. The van der Waals surface area contributed by atoms with Gasteiger partial charge < -0.3 is 9.88 Å². The summed E-state index contributed by atoms with van der Waals surface area (Å²) in [6.07, 6.45) is 4.00. The number of hydrogen-bond donors (Lipinski definition) is 1. The van der Waals surface area contributed by atoms with Crippen molar-refractivity contribution in [1.82, 2.24) is 14.9 Å². The Balaban J connectivity index is 1.88. The van der Waals surface area contributed by atoms with Crippen molar-refractivity contribution in [1.29, 1.82) is 0 Å². The lowest BCUT2D eigenvalue weighted by molar-refractivity contribution is 0.548. The maximum atomic E-state index is 4.42. The van der Waals surface area contributed by atoms with Gasteiger partial charge in [0, 0.05) is 23.8 Å². The van der Waals surface area contributed by atoms with Gasteiger partial charge in [0.15, 0.2) is 0 Å². The van der Waals surface area contributed by atoms with Crippen molar-refractivity contribution in [2.45, 2.75) is 26.9 Å². The van der Waals surface area contributed by atoms with E-state index in [0.717, 1.165) is 29.8 Å². The largest absolute Gasteiger partial charge is 0.333 e. The summed E-state index contributed by atoms with van der Waals surface area (Å²) in [4.78, 5) is 4.42. The highest BCUT2D eigenvalue weighted by Gasteiger charge is 2.00. The summed E-state index contributed by atoms with van der Waals surface area (Å²) in [6, 6.07) is 8.39. The summed E-state index contributed by atoms with van der Waals surface area (Å²) in [6.45, 7) is 7.15. The molecule has 0 spiro atoms. The van der Waals surface area contributed by atoms with Crippen molar-refractivity contribution in [3.05, 3.63) is 52.5 Å². The fourth-order valence-corrected chi connectivity index (χ4v) is 2.14. The molecule has 0 aliphatic rings. The van der Waals surface area contributed by atoms with E-state index in [1.54, 1.807) is 0 Å². The van der Waals surface area contributed by atoms with E-state index in [-0.39, 0.29) is 0 Å². The van der Waals surface area contributed by atoms with Gasteiger partial charge in [-0.2, -0.15) is 0 Å². The van der Waals surface area contributed by atoms with Crippen molar-refractivity contribution in [2.24, 2.45) is 5.92 Å². The van der Waals surface area contributed by atoms with Crippen molar-refractivity contribution in [3.63, 3.8) is 0 Å². The normalized spacial score (nSPS) is 11.2. The molecule has 0 amide bonds. The number of benzene rings is 1.